The lowest BCUT2D eigenvalue weighted by Gasteiger charge is -2.04. The summed E-state index contributed by atoms with van der Waals surface area (Å²) in [5, 5.41) is 12.3. The molecule has 0 unspecified atom stereocenters. The Morgan fingerprint density at radius 2 is 2.09 bits per heavy atom. The van der Waals surface area contributed by atoms with Gasteiger partial charge in [0, 0.05) is 17.4 Å². The van der Waals surface area contributed by atoms with Crippen molar-refractivity contribution in [2.45, 2.75) is 6.54 Å². The maximum absolute atomic E-state index is 13.1. The second kappa shape index (κ2) is 5.70. The summed E-state index contributed by atoms with van der Waals surface area (Å²) in [6, 6.07) is 15.0. The van der Waals surface area contributed by atoms with Crippen LogP contribution in [0.5, 0.6) is 0 Å². The zero-order chi connectivity index (χ0) is 15.5. The average Bonchev–Trinajstić information content (AvgIpc) is 2.96. The van der Waals surface area contributed by atoms with E-state index < -0.39 is 0 Å². The third-order valence-corrected chi connectivity index (χ3v) is 3.34. The van der Waals surface area contributed by atoms with Crippen LogP contribution in [0.4, 0.5) is 4.39 Å². The molecule has 108 valence electrons. The molecule has 0 saturated carbocycles. The molecule has 1 aromatic heterocycles. The molecule has 0 aliphatic rings. The first-order valence-electron chi connectivity index (χ1n) is 6.71. The van der Waals surface area contributed by atoms with Crippen LogP contribution < -0.4 is 5.32 Å². The van der Waals surface area contributed by atoms with E-state index in [4.69, 9.17) is 5.26 Å². The van der Waals surface area contributed by atoms with Gasteiger partial charge >= 0.3 is 0 Å². The Balaban J connectivity index is 1.74. The minimum Gasteiger partial charge on any atom is -0.351 e. The number of aromatic nitrogens is 1. The van der Waals surface area contributed by atoms with Crippen LogP contribution in [0, 0.1) is 17.1 Å². The van der Waals surface area contributed by atoms with Crippen molar-refractivity contribution in [2.24, 2.45) is 0 Å². The van der Waals surface area contributed by atoms with Crippen molar-refractivity contribution >= 4 is 16.8 Å². The highest BCUT2D eigenvalue weighted by atomic mass is 19.1. The van der Waals surface area contributed by atoms with Crippen molar-refractivity contribution in [3.8, 4) is 6.07 Å². The summed E-state index contributed by atoms with van der Waals surface area (Å²) in [6.45, 7) is 0.318. The molecular weight excluding hydrogens is 281 g/mol. The van der Waals surface area contributed by atoms with Gasteiger partial charge in [0.15, 0.2) is 0 Å². The zero-order valence-electron chi connectivity index (χ0n) is 11.6. The molecule has 3 rings (SSSR count). The Morgan fingerprint density at radius 3 is 2.91 bits per heavy atom. The molecule has 0 aliphatic carbocycles. The van der Waals surface area contributed by atoms with Crippen molar-refractivity contribution in [3.63, 3.8) is 0 Å². The molecule has 2 N–H and O–H groups in total. The van der Waals surface area contributed by atoms with Crippen LogP contribution in [0.3, 0.4) is 0 Å². The number of nitrogens with zero attached hydrogens (tertiary/aromatic N) is 1. The zero-order valence-corrected chi connectivity index (χ0v) is 11.6. The van der Waals surface area contributed by atoms with E-state index in [9.17, 15) is 9.18 Å². The summed E-state index contributed by atoms with van der Waals surface area (Å²) in [5.41, 5.74) is 2.47. The fraction of sp³-hybridized carbons (Fsp3) is 0.0588. The molecule has 1 heterocycles. The minimum absolute atomic E-state index is 0.279. The highest BCUT2D eigenvalue weighted by molar-refractivity contribution is 5.97. The fourth-order valence-corrected chi connectivity index (χ4v) is 2.25. The number of amides is 1. The number of benzene rings is 2. The number of hydrogen-bond acceptors (Lipinski definition) is 2. The van der Waals surface area contributed by atoms with Gasteiger partial charge in [0.05, 0.1) is 11.6 Å². The van der Waals surface area contributed by atoms with E-state index in [0.29, 0.717) is 28.7 Å². The van der Waals surface area contributed by atoms with Crippen molar-refractivity contribution in [2.75, 3.05) is 0 Å². The quantitative estimate of drug-likeness (QED) is 0.779. The van der Waals surface area contributed by atoms with Gasteiger partial charge in [-0.25, -0.2) is 4.39 Å². The Hall–Kier alpha value is -3.13. The average molecular weight is 293 g/mol. The van der Waals surface area contributed by atoms with E-state index >= 15 is 0 Å². The Bertz CT molecular complexity index is 892. The largest absolute Gasteiger partial charge is 0.351 e. The maximum Gasteiger partial charge on any atom is 0.267 e. The Labute approximate surface area is 126 Å². The van der Waals surface area contributed by atoms with E-state index in [0.717, 1.165) is 5.56 Å². The predicted molar refractivity (Wildman–Crippen MR) is 80.6 cm³/mol. The number of rotatable bonds is 3. The number of nitrogens with one attached hydrogen (secondary N) is 2. The molecule has 0 spiro atoms. The monoisotopic (exact) mass is 293 g/mol. The van der Waals surface area contributed by atoms with Crippen LogP contribution in [0.15, 0.2) is 48.5 Å². The van der Waals surface area contributed by atoms with Crippen molar-refractivity contribution in [3.05, 3.63) is 71.2 Å². The van der Waals surface area contributed by atoms with E-state index in [2.05, 4.69) is 16.4 Å². The van der Waals surface area contributed by atoms with Crippen molar-refractivity contribution in [1.82, 2.24) is 10.3 Å². The van der Waals surface area contributed by atoms with Gasteiger partial charge < -0.3 is 10.3 Å². The van der Waals surface area contributed by atoms with Gasteiger partial charge in [0.1, 0.15) is 11.5 Å². The number of nitriles is 1. The first kappa shape index (κ1) is 13.8. The third kappa shape index (κ3) is 2.81. The Kier molecular flexibility index (Phi) is 3.58. The fourth-order valence-electron chi connectivity index (χ4n) is 2.25. The van der Waals surface area contributed by atoms with E-state index in [-0.39, 0.29) is 11.7 Å². The molecule has 0 saturated heterocycles. The molecule has 4 nitrogen and oxygen atoms in total. The smallest absolute Gasteiger partial charge is 0.267 e. The summed E-state index contributed by atoms with van der Waals surface area (Å²) in [6.07, 6.45) is 0. The number of halogens is 1. The van der Waals surface area contributed by atoms with Crippen LogP contribution in [-0.4, -0.2) is 10.9 Å². The second-order valence-corrected chi connectivity index (χ2v) is 4.91. The molecule has 0 bridgehead atoms. The van der Waals surface area contributed by atoms with Crippen LogP contribution in [-0.2, 0) is 6.54 Å². The van der Waals surface area contributed by atoms with Crippen LogP contribution in [0.1, 0.15) is 21.6 Å². The predicted octanol–water partition coefficient (Wildman–Crippen LogP) is 3.11. The normalized spacial score (nSPS) is 10.4. The topological polar surface area (TPSA) is 68.7 Å². The third-order valence-electron chi connectivity index (χ3n) is 3.34. The van der Waals surface area contributed by atoms with E-state index in [1.54, 1.807) is 30.3 Å². The van der Waals surface area contributed by atoms with Gasteiger partial charge in [0.25, 0.3) is 5.91 Å². The molecule has 1 amide bonds. The first-order valence-corrected chi connectivity index (χ1v) is 6.71. The molecule has 0 radical (unpaired) electrons. The standard InChI is InChI=1S/C17H12FN3O/c18-14-4-5-15-13(7-14)8-16(21-15)17(22)20-10-12-3-1-2-11(6-12)9-19/h1-8,21H,10H2,(H,20,22). The van der Waals surface area contributed by atoms with Gasteiger partial charge in [-0.3, -0.25) is 4.79 Å². The van der Waals surface area contributed by atoms with E-state index in [1.165, 1.54) is 12.1 Å². The lowest BCUT2D eigenvalue weighted by atomic mass is 10.1. The highest BCUT2D eigenvalue weighted by Crippen LogP contribution is 2.16. The summed E-state index contributed by atoms with van der Waals surface area (Å²) in [5.74, 6) is -0.620. The number of carbonyl (C=O) groups excluding carboxylic acids is 1. The maximum atomic E-state index is 13.1. The first-order chi connectivity index (χ1) is 10.7. The molecule has 2 aromatic carbocycles. The lowest BCUT2D eigenvalue weighted by Crippen LogP contribution is -2.23. The summed E-state index contributed by atoms with van der Waals surface area (Å²) in [4.78, 5) is 15.1. The molecule has 0 atom stereocenters. The van der Waals surface area contributed by atoms with Crippen molar-refractivity contribution in [1.29, 1.82) is 5.26 Å². The highest BCUT2D eigenvalue weighted by Gasteiger charge is 2.09. The van der Waals surface area contributed by atoms with Gasteiger partial charge in [-0.05, 0) is 42.0 Å². The summed E-state index contributed by atoms with van der Waals surface area (Å²) in [7, 11) is 0. The molecule has 0 fully saturated rings. The van der Waals surface area contributed by atoms with Crippen LogP contribution in [0.25, 0.3) is 10.9 Å². The summed E-state index contributed by atoms with van der Waals surface area (Å²) < 4.78 is 13.1. The molecule has 5 heteroatoms. The molecular formula is C17H12FN3O. The van der Waals surface area contributed by atoms with Gasteiger partial charge in [-0.1, -0.05) is 12.1 Å². The van der Waals surface area contributed by atoms with E-state index in [1.807, 2.05) is 6.07 Å². The lowest BCUT2D eigenvalue weighted by molar-refractivity contribution is 0.0946. The van der Waals surface area contributed by atoms with Gasteiger partial charge in [0.2, 0.25) is 0 Å². The second-order valence-electron chi connectivity index (χ2n) is 4.91. The minimum atomic E-state index is -0.341. The molecule has 3 aromatic rings. The van der Waals surface area contributed by atoms with Crippen LogP contribution >= 0.6 is 0 Å². The molecule has 22 heavy (non-hydrogen) atoms. The van der Waals surface area contributed by atoms with Gasteiger partial charge in [-0.2, -0.15) is 5.26 Å². The number of carbonyl (C=O) groups is 1. The number of H-pyrrole nitrogens is 1. The number of fused-ring (bicyclic) bond motifs is 1. The van der Waals surface area contributed by atoms with Gasteiger partial charge in [-0.15, -0.1) is 0 Å². The molecule has 0 aliphatic heterocycles. The van der Waals surface area contributed by atoms with Crippen LogP contribution in [0.2, 0.25) is 0 Å². The number of aromatic amines is 1. The summed E-state index contributed by atoms with van der Waals surface area (Å²) >= 11 is 0. The van der Waals surface area contributed by atoms with Crippen molar-refractivity contribution < 1.29 is 9.18 Å². The SMILES string of the molecule is N#Cc1cccc(CNC(=O)c2cc3cc(F)ccc3[nH]2)c1. The Morgan fingerprint density at radius 1 is 1.23 bits per heavy atom. The number of hydrogen-bond donors (Lipinski definition) is 2.